The van der Waals surface area contributed by atoms with Gasteiger partial charge in [-0.25, -0.2) is 0 Å². The van der Waals surface area contributed by atoms with E-state index in [0.29, 0.717) is 11.5 Å². The number of ether oxygens (including phenoxy) is 1. The third-order valence-corrected chi connectivity index (χ3v) is 4.90. The van der Waals surface area contributed by atoms with Crippen LogP contribution in [-0.4, -0.2) is 25.3 Å². The quantitative estimate of drug-likeness (QED) is 0.734. The summed E-state index contributed by atoms with van der Waals surface area (Å²) < 4.78 is 6.10. The fraction of sp³-hybridized carbons (Fsp3) is 1.00. The molecule has 2 saturated carbocycles. The van der Waals surface area contributed by atoms with Crippen molar-refractivity contribution in [3.63, 3.8) is 0 Å². The van der Waals surface area contributed by atoms with Gasteiger partial charge >= 0.3 is 0 Å². The predicted octanol–water partition coefficient (Wildman–Crippen LogP) is 3.11. The van der Waals surface area contributed by atoms with Crippen LogP contribution in [0.15, 0.2) is 0 Å². The Morgan fingerprint density at radius 1 is 1.24 bits per heavy atom. The molecule has 3 fully saturated rings. The summed E-state index contributed by atoms with van der Waals surface area (Å²) in [6.07, 6.45) is 11.6. The molecule has 1 aliphatic heterocycles. The van der Waals surface area contributed by atoms with E-state index in [-0.39, 0.29) is 0 Å². The minimum absolute atomic E-state index is 0.486. The van der Waals surface area contributed by atoms with Crippen LogP contribution in [0.4, 0.5) is 0 Å². The van der Waals surface area contributed by atoms with Gasteiger partial charge in [0.25, 0.3) is 0 Å². The molecule has 3 aliphatic rings. The molecule has 2 nitrogen and oxygen atoms in total. The first-order chi connectivity index (χ1) is 8.34. The van der Waals surface area contributed by atoms with E-state index in [4.69, 9.17) is 4.74 Å². The summed E-state index contributed by atoms with van der Waals surface area (Å²) in [6, 6.07) is 0.842. The van der Waals surface area contributed by atoms with Gasteiger partial charge < -0.3 is 10.1 Å². The maximum absolute atomic E-state index is 6.10. The summed E-state index contributed by atoms with van der Waals surface area (Å²) >= 11 is 0. The number of rotatable bonds is 7. The minimum Gasteiger partial charge on any atom is -0.377 e. The normalized spacial score (nSPS) is 37.6. The first-order valence-electron chi connectivity index (χ1n) is 7.69. The van der Waals surface area contributed by atoms with Crippen LogP contribution in [0.25, 0.3) is 0 Å². The van der Waals surface area contributed by atoms with Crippen molar-refractivity contribution in [1.29, 1.82) is 0 Å². The molecule has 3 rings (SSSR count). The zero-order chi connectivity index (χ0) is 11.7. The SMILES string of the molecule is CCCCC1(CNC2CC2)CCOC1C1CC1. The Morgan fingerprint density at radius 2 is 2.06 bits per heavy atom. The van der Waals surface area contributed by atoms with E-state index in [0.717, 1.165) is 18.6 Å². The van der Waals surface area contributed by atoms with E-state index < -0.39 is 0 Å². The van der Waals surface area contributed by atoms with Crippen molar-refractivity contribution in [2.75, 3.05) is 13.2 Å². The van der Waals surface area contributed by atoms with Gasteiger partial charge in [0.1, 0.15) is 0 Å². The predicted molar refractivity (Wildman–Crippen MR) is 70.1 cm³/mol. The fourth-order valence-corrected chi connectivity index (χ4v) is 3.45. The lowest BCUT2D eigenvalue weighted by Gasteiger charge is -2.35. The summed E-state index contributed by atoms with van der Waals surface area (Å²) in [5.41, 5.74) is 0.486. The molecule has 2 atom stereocenters. The Kier molecular flexibility index (Phi) is 3.45. The molecule has 2 heteroatoms. The van der Waals surface area contributed by atoms with Crippen LogP contribution in [0.3, 0.4) is 0 Å². The summed E-state index contributed by atoms with van der Waals surface area (Å²) in [5, 5.41) is 3.78. The highest BCUT2D eigenvalue weighted by Gasteiger charge is 2.50. The lowest BCUT2D eigenvalue weighted by atomic mass is 9.74. The molecule has 17 heavy (non-hydrogen) atoms. The first kappa shape index (κ1) is 12.0. The maximum atomic E-state index is 6.10. The second-order valence-electron chi connectivity index (χ2n) is 6.50. The molecule has 98 valence electrons. The number of nitrogens with one attached hydrogen (secondary N) is 1. The average Bonchev–Trinajstić information content (AvgIpc) is 3.24. The first-order valence-corrected chi connectivity index (χ1v) is 7.69. The monoisotopic (exact) mass is 237 g/mol. The number of hydrogen-bond acceptors (Lipinski definition) is 2. The smallest absolute Gasteiger partial charge is 0.0672 e. The van der Waals surface area contributed by atoms with Crippen molar-refractivity contribution >= 4 is 0 Å². The van der Waals surface area contributed by atoms with E-state index in [2.05, 4.69) is 12.2 Å². The Morgan fingerprint density at radius 3 is 2.71 bits per heavy atom. The Labute approximate surface area is 105 Å². The summed E-state index contributed by atoms with van der Waals surface area (Å²) in [7, 11) is 0. The molecule has 0 aromatic heterocycles. The Bertz CT molecular complexity index is 260. The minimum atomic E-state index is 0.486. The Balaban J connectivity index is 1.63. The molecular weight excluding hydrogens is 210 g/mol. The van der Waals surface area contributed by atoms with Gasteiger partial charge in [0, 0.05) is 24.6 Å². The van der Waals surface area contributed by atoms with Gasteiger partial charge in [-0.3, -0.25) is 0 Å². The van der Waals surface area contributed by atoms with Crippen LogP contribution < -0.4 is 5.32 Å². The molecule has 1 heterocycles. The van der Waals surface area contributed by atoms with Crippen molar-refractivity contribution in [2.24, 2.45) is 11.3 Å². The standard InChI is InChI=1S/C15H27NO/c1-2-3-8-15(11-16-13-6-7-13)9-10-17-14(15)12-4-5-12/h12-14,16H,2-11H2,1H3. The highest BCUT2D eigenvalue weighted by molar-refractivity contribution is 5.01. The zero-order valence-electron chi connectivity index (χ0n) is 11.2. The van der Waals surface area contributed by atoms with Gasteiger partial charge in [0.2, 0.25) is 0 Å². The topological polar surface area (TPSA) is 21.3 Å². The molecule has 1 N–H and O–H groups in total. The summed E-state index contributed by atoms with van der Waals surface area (Å²) in [5.74, 6) is 0.898. The van der Waals surface area contributed by atoms with Crippen molar-refractivity contribution in [2.45, 2.75) is 70.4 Å². The van der Waals surface area contributed by atoms with Gasteiger partial charge in [0.05, 0.1) is 6.10 Å². The third-order valence-electron chi connectivity index (χ3n) is 4.90. The van der Waals surface area contributed by atoms with Gasteiger partial charge in [-0.1, -0.05) is 19.8 Å². The van der Waals surface area contributed by atoms with Crippen LogP contribution in [0, 0.1) is 11.3 Å². The van der Waals surface area contributed by atoms with Crippen molar-refractivity contribution < 1.29 is 4.74 Å². The van der Waals surface area contributed by atoms with Crippen LogP contribution in [-0.2, 0) is 4.74 Å². The third kappa shape index (κ3) is 2.68. The van der Waals surface area contributed by atoms with Crippen LogP contribution in [0.2, 0.25) is 0 Å². The van der Waals surface area contributed by atoms with E-state index in [1.807, 2.05) is 0 Å². The highest BCUT2D eigenvalue weighted by Crippen LogP contribution is 2.50. The molecule has 0 aromatic carbocycles. The largest absolute Gasteiger partial charge is 0.377 e. The van der Waals surface area contributed by atoms with Crippen molar-refractivity contribution in [1.82, 2.24) is 5.32 Å². The molecule has 0 bridgehead atoms. The molecule has 1 saturated heterocycles. The molecule has 0 radical (unpaired) electrons. The summed E-state index contributed by atoms with van der Waals surface area (Å²) in [4.78, 5) is 0. The van der Waals surface area contributed by atoms with E-state index in [1.165, 1.54) is 57.9 Å². The molecule has 0 spiro atoms. The number of hydrogen-bond donors (Lipinski definition) is 1. The lowest BCUT2D eigenvalue weighted by Crippen LogP contribution is -2.42. The van der Waals surface area contributed by atoms with Gasteiger partial charge in [-0.15, -0.1) is 0 Å². The van der Waals surface area contributed by atoms with Crippen molar-refractivity contribution in [3.05, 3.63) is 0 Å². The van der Waals surface area contributed by atoms with Crippen LogP contribution in [0.1, 0.15) is 58.3 Å². The molecule has 0 amide bonds. The van der Waals surface area contributed by atoms with Crippen molar-refractivity contribution in [3.8, 4) is 0 Å². The highest BCUT2D eigenvalue weighted by atomic mass is 16.5. The van der Waals surface area contributed by atoms with E-state index in [1.54, 1.807) is 0 Å². The van der Waals surface area contributed by atoms with Gasteiger partial charge in [-0.05, 0) is 44.4 Å². The summed E-state index contributed by atoms with van der Waals surface area (Å²) in [6.45, 7) is 4.54. The number of unbranched alkanes of at least 4 members (excludes halogenated alkanes) is 1. The molecular formula is C15H27NO. The van der Waals surface area contributed by atoms with Gasteiger partial charge in [0.15, 0.2) is 0 Å². The maximum Gasteiger partial charge on any atom is 0.0672 e. The zero-order valence-corrected chi connectivity index (χ0v) is 11.2. The lowest BCUT2D eigenvalue weighted by molar-refractivity contribution is 0.0253. The average molecular weight is 237 g/mol. The molecule has 0 aromatic rings. The van der Waals surface area contributed by atoms with Gasteiger partial charge in [-0.2, -0.15) is 0 Å². The second-order valence-corrected chi connectivity index (χ2v) is 6.50. The van der Waals surface area contributed by atoms with E-state index in [9.17, 15) is 0 Å². The fourth-order valence-electron chi connectivity index (χ4n) is 3.45. The van der Waals surface area contributed by atoms with Crippen LogP contribution >= 0.6 is 0 Å². The molecule has 2 unspecified atom stereocenters. The van der Waals surface area contributed by atoms with E-state index >= 15 is 0 Å². The van der Waals surface area contributed by atoms with Crippen LogP contribution in [0.5, 0.6) is 0 Å². The molecule has 2 aliphatic carbocycles. The second kappa shape index (κ2) is 4.89. The Hall–Kier alpha value is -0.0800.